The molecule has 2 aromatic rings. The summed E-state index contributed by atoms with van der Waals surface area (Å²) in [6.07, 6.45) is 2.09. The molecule has 3 nitrogen and oxygen atoms in total. The van der Waals surface area contributed by atoms with Crippen molar-refractivity contribution in [3.8, 4) is 0 Å². The fourth-order valence-electron chi connectivity index (χ4n) is 1.41. The second-order valence-corrected chi connectivity index (χ2v) is 4.41. The van der Waals surface area contributed by atoms with E-state index in [2.05, 4.69) is 4.98 Å². The largest absolute Gasteiger partial charge is 0.326 e. The summed E-state index contributed by atoms with van der Waals surface area (Å²) in [5.74, 6) is 0.0959. The van der Waals surface area contributed by atoms with E-state index < -0.39 is 0 Å². The monoisotopic (exact) mass is 232 g/mol. The summed E-state index contributed by atoms with van der Waals surface area (Å²) in [5, 5.41) is 2.73. The zero-order chi connectivity index (χ0) is 11.4. The third kappa shape index (κ3) is 2.53. The number of ketones is 1. The highest BCUT2D eigenvalue weighted by molar-refractivity contribution is 7.09. The normalized spacial score (nSPS) is 10.3. The van der Waals surface area contributed by atoms with Crippen molar-refractivity contribution >= 4 is 17.1 Å². The maximum atomic E-state index is 11.8. The maximum Gasteiger partial charge on any atom is 0.169 e. The van der Waals surface area contributed by atoms with Gasteiger partial charge in [-0.25, -0.2) is 4.98 Å². The van der Waals surface area contributed by atoms with Crippen LogP contribution in [-0.2, 0) is 13.0 Å². The fraction of sp³-hybridized carbons (Fsp3) is 0.167. The summed E-state index contributed by atoms with van der Waals surface area (Å²) in [6.45, 7) is 0.501. The Hall–Kier alpha value is -1.52. The Balaban J connectivity index is 2.09. The van der Waals surface area contributed by atoms with Gasteiger partial charge in [-0.1, -0.05) is 24.3 Å². The Bertz CT molecular complexity index is 462. The Morgan fingerprint density at radius 2 is 2.06 bits per heavy atom. The smallest absolute Gasteiger partial charge is 0.169 e. The van der Waals surface area contributed by atoms with E-state index in [9.17, 15) is 4.79 Å². The molecule has 0 unspecified atom stereocenters. The minimum absolute atomic E-state index is 0.0959. The van der Waals surface area contributed by atoms with E-state index in [1.165, 1.54) is 11.3 Å². The number of aromatic nitrogens is 1. The third-order valence-electron chi connectivity index (χ3n) is 2.31. The summed E-state index contributed by atoms with van der Waals surface area (Å²) in [6, 6.07) is 7.40. The summed E-state index contributed by atoms with van der Waals surface area (Å²) in [7, 11) is 0. The van der Waals surface area contributed by atoms with Crippen molar-refractivity contribution in [2.45, 2.75) is 13.0 Å². The molecule has 0 radical (unpaired) electrons. The molecule has 0 atom stereocenters. The molecule has 0 bridgehead atoms. The first kappa shape index (κ1) is 11.0. The molecule has 82 valence electrons. The Labute approximate surface area is 97.9 Å². The van der Waals surface area contributed by atoms with Crippen LogP contribution < -0.4 is 5.73 Å². The van der Waals surface area contributed by atoms with Gasteiger partial charge >= 0.3 is 0 Å². The lowest BCUT2D eigenvalue weighted by Crippen LogP contribution is -2.04. The van der Waals surface area contributed by atoms with Gasteiger partial charge in [0.05, 0.1) is 6.42 Å². The topological polar surface area (TPSA) is 56.0 Å². The Kier molecular flexibility index (Phi) is 3.44. The first-order valence-electron chi connectivity index (χ1n) is 5.00. The average molecular weight is 232 g/mol. The predicted molar refractivity (Wildman–Crippen MR) is 64.5 cm³/mol. The lowest BCUT2D eigenvalue weighted by atomic mass is 10.1. The molecular formula is C12H12N2OS. The summed E-state index contributed by atoms with van der Waals surface area (Å²) in [4.78, 5) is 15.9. The number of carbonyl (C=O) groups is 1. The van der Waals surface area contributed by atoms with Crippen molar-refractivity contribution in [3.05, 3.63) is 52.0 Å². The van der Waals surface area contributed by atoms with Gasteiger partial charge < -0.3 is 5.73 Å². The summed E-state index contributed by atoms with van der Waals surface area (Å²) < 4.78 is 0. The van der Waals surface area contributed by atoms with Crippen LogP contribution >= 0.6 is 11.3 Å². The minimum atomic E-state index is 0.0959. The van der Waals surface area contributed by atoms with Gasteiger partial charge in [-0.15, -0.1) is 11.3 Å². The lowest BCUT2D eigenvalue weighted by Gasteiger charge is -2.00. The van der Waals surface area contributed by atoms with Gasteiger partial charge in [0.15, 0.2) is 5.78 Å². The van der Waals surface area contributed by atoms with E-state index in [1.54, 1.807) is 6.20 Å². The Morgan fingerprint density at radius 1 is 1.31 bits per heavy atom. The second-order valence-electron chi connectivity index (χ2n) is 3.43. The second kappa shape index (κ2) is 5.01. The molecule has 1 heterocycles. The predicted octanol–water partition coefficient (Wildman–Crippen LogP) is 2.03. The first-order chi connectivity index (χ1) is 7.79. The molecule has 0 aliphatic carbocycles. The van der Waals surface area contributed by atoms with E-state index >= 15 is 0 Å². The van der Waals surface area contributed by atoms with E-state index in [0.717, 1.165) is 10.6 Å². The number of Topliss-reactive ketones (excluding diaryl/α,β-unsaturated/α-hetero) is 1. The molecule has 0 fully saturated rings. The van der Waals surface area contributed by atoms with Crippen molar-refractivity contribution in [1.29, 1.82) is 0 Å². The minimum Gasteiger partial charge on any atom is -0.326 e. The van der Waals surface area contributed by atoms with E-state index in [4.69, 9.17) is 5.73 Å². The highest BCUT2D eigenvalue weighted by Gasteiger charge is 2.08. The van der Waals surface area contributed by atoms with Crippen molar-refractivity contribution in [1.82, 2.24) is 4.98 Å². The fourth-order valence-corrected chi connectivity index (χ4v) is 2.02. The number of benzene rings is 1. The van der Waals surface area contributed by atoms with Crippen LogP contribution in [0.2, 0.25) is 0 Å². The van der Waals surface area contributed by atoms with Gasteiger partial charge in [-0.3, -0.25) is 4.79 Å². The standard InChI is InChI=1S/C12H12N2OS/c13-8-9-1-3-10(4-2-9)11(15)7-12-14-5-6-16-12/h1-6H,7-8,13H2. The average Bonchev–Trinajstić information content (AvgIpc) is 2.82. The van der Waals surface area contributed by atoms with E-state index in [1.807, 2.05) is 29.6 Å². The van der Waals surface area contributed by atoms with Gasteiger partial charge in [-0.2, -0.15) is 0 Å². The quantitative estimate of drug-likeness (QED) is 0.820. The van der Waals surface area contributed by atoms with Crippen molar-refractivity contribution in [2.75, 3.05) is 0 Å². The molecule has 2 rings (SSSR count). The van der Waals surface area contributed by atoms with Crippen LogP contribution in [0.15, 0.2) is 35.8 Å². The van der Waals surface area contributed by atoms with E-state index in [-0.39, 0.29) is 5.78 Å². The number of nitrogens with two attached hydrogens (primary N) is 1. The maximum absolute atomic E-state index is 11.8. The molecule has 0 saturated heterocycles. The highest BCUT2D eigenvalue weighted by Crippen LogP contribution is 2.10. The van der Waals surface area contributed by atoms with Crippen LogP contribution in [0.25, 0.3) is 0 Å². The summed E-state index contributed by atoms with van der Waals surface area (Å²) in [5.41, 5.74) is 7.24. The molecule has 0 saturated carbocycles. The first-order valence-corrected chi connectivity index (χ1v) is 5.88. The van der Waals surface area contributed by atoms with E-state index in [0.29, 0.717) is 18.5 Å². The number of rotatable bonds is 4. The van der Waals surface area contributed by atoms with Crippen molar-refractivity contribution < 1.29 is 4.79 Å². The molecular weight excluding hydrogens is 220 g/mol. The number of hydrogen-bond acceptors (Lipinski definition) is 4. The molecule has 16 heavy (non-hydrogen) atoms. The molecule has 1 aromatic heterocycles. The number of carbonyl (C=O) groups excluding carboxylic acids is 1. The Morgan fingerprint density at radius 3 is 2.62 bits per heavy atom. The van der Waals surface area contributed by atoms with Crippen LogP contribution in [0.3, 0.4) is 0 Å². The lowest BCUT2D eigenvalue weighted by molar-refractivity contribution is 0.0993. The van der Waals surface area contributed by atoms with Crippen LogP contribution in [0.1, 0.15) is 20.9 Å². The van der Waals surface area contributed by atoms with Crippen LogP contribution in [0.4, 0.5) is 0 Å². The van der Waals surface area contributed by atoms with Crippen LogP contribution in [-0.4, -0.2) is 10.8 Å². The molecule has 4 heteroatoms. The van der Waals surface area contributed by atoms with Gasteiger partial charge in [-0.05, 0) is 5.56 Å². The number of thiazole rings is 1. The number of hydrogen-bond donors (Lipinski definition) is 1. The van der Waals surface area contributed by atoms with Crippen LogP contribution in [0.5, 0.6) is 0 Å². The van der Waals surface area contributed by atoms with Crippen LogP contribution in [0, 0.1) is 0 Å². The SMILES string of the molecule is NCc1ccc(C(=O)Cc2nccs2)cc1. The molecule has 0 aliphatic heterocycles. The molecule has 0 aliphatic rings. The summed E-state index contributed by atoms with van der Waals surface area (Å²) >= 11 is 1.50. The van der Waals surface area contributed by atoms with Gasteiger partial charge in [0.25, 0.3) is 0 Å². The van der Waals surface area contributed by atoms with Crippen molar-refractivity contribution in [3.63, 3.8) is 0 Å². The number of nitrogens with zero attached hydrogens (tertiary/aromatic N) is 1. The molecule has 0 amide bonds. The highest BCUT2D eigenvalue weighted by atomic mass is 32.1. The molecule has 0 spiro atoms. The van der Waals surface area contributed by atoms with Gasteiger partial charge in [0.1, 0.15) is 5.01 Å². The zero-order valence-corrected chi connectivity index (χ0v) is 9.54. The third-order valence-corrected chi connectivity index (χ3v) is 3.09. The van der Waals surface area contributed by atoms with Gasteiger partial charge in [0.2, 0.25) is 0 Å². The molecule has 2 N–H and O–H groups in total. The molecule has 1 aromatic carbocycles. The van der Waals surface area contributed by atoms with Crippen molar-refractivity contribution in [2.24, 2.45) is 5.73 Å². The zero-order valence-electron chi connectivity index (χ0n) is 8.72. The van der Waals surface area contributed by atoms with Gasteiger partial charge in [0, 0.05) is 23.7 Å².